The molecule has 0 aliphatic carbocycles. The molecule has 2 heterocycles. The number of anilines is 2. The molecule has 0 fully saturated rings. The molecular weight excluding hydrogens is 554 g/mol. The van der Waals surface area contributed by atoms with Gasteiger partial charge >= 0.3 is 0 Å². The number of para-hydroxylation sites is 1. The Labute approximate surface area is 248 Å². The van der Waals surface area contributed by atoms with Gasteiger partial charge in [0.1, 0.15) is 12.1 Å². The van der Waals surface area contributed by atoms with Crippen LogP contribution in [-0.4, -0.2) is 68.8 Å². The van der Waals surface area contributed by atoms with Crippen LogP contribution in [0, 0.1) is 5.92 Å². The first kappa shape index (κ1) is 30.8. The number of aromatic nitrogens is 4. The number of carbonyl (C=O) groups is 5. The van der Waals surface area contributed by atoms with Gasteiger partial charge in [-0.25, -0.2) is 0 Å². The molecule has 0 saturated carbocycles. The fraction of sp³-hybridized carbons (Fsp3) is 0.379. The average molecular weight is 590 g/mol. The second-order valence-electron chi connectivity index (χ2n) is 10.3. The summed E-state index contributed by atoms with van der Waals surface area (Å²) in [7, 11) is 0. The summed E-state index contributed by atoms with van der Waals surface area (Å²) in [5.74, 6) is -2.16. The van der Waals surface area contributed by atoms with Crippen molar-refractivity contribution in [3.8, 4) is 0 Å². The highest BCUT2D eigenvalue weighted by Crippen LogP contribution is 2.39. The van der Waals surface area contributed by atoms with Gasteiger partial charge in [-0.15, -0.1) is 10.2 Å². The van der Waals surface area contributed by atoms with Crippen LogP contribution < -0.4 is 26.2 Å². The van der Waals surface area contributed by atoms with Crippen molar-refractivity contribution in [1.82, 2.24) is 36.6 Å². The topological polar surface area (TPSA) is 191 Å². The largest absolute Gasteiger partial charge is 0.347 e. The summed E-state index contributed by atoms with van der Waals surface area (Å²) in [5.41, 5.74) is 2.23. The van der Waals surface area contributed by atoms with Crippen LogP contribution in [0.5, 0.6) is 0 Å². The molecule has 5 amide bonds. The number of carbonyl (C=O) groups excluding carboxylic acids is 5. The summed E-state index contributed by atoms with van der Waals surface area (Å²) < 4.78 is 0. The minimum absolute atomic E-state index is 0.0151. The van der Waals surface area contributed by atoms with E-state index in [0.717, 1.165) is 5.56 Å². The monoisotopic (exact) mass is 589 g/mol. The van der Waals surface area contributed by atoms with Crippen molar-refractivity contribution in [2.45, 2.75) is 58.7 Å². The van der Waals surface area contributed by atoms with Crippen molar-refractivity contribution >= 4 is 40.9 Å². The van der Waals surface area contributed by atoms with Gasteiger partial charge < -0.3 is 21.3 Å². The van der Waals surface area contributed by atoms with Crippen molar-refractivity contribution in [3.05, 3.63) is 65.5 Å². The molecular formula is C29H35N9O5. The number of hydrogen-bond acceptors (Lipinski definition) is 8. The molecule has 14 nitrogen and oxygen atoms in total. The van der Waals surface area contributed by atoms with E-state index in [4.69, 9.17) is 0 Å². The van der Waals surface area contributed by atoms with E-state index >= 15 is 0 Å². The van der Waals surface area contributed by atoms with Crippen molar-refractivity contribution < 1.29 is 24.0 Å². The summed E-state index contributed by atoms with van der Waals surface area (Å²) in [6.45, 7) is 4.63. The second-order valence-corrected chi connectivity index (χ2v) is 10.3. The molecule has 14 heteroatoms. The van der Waals surface area contributed by atoms with E-state index in [9.17, 15) is 24.0 Å². The maximum atomic E-state index is 13.7. The highest BCUT2D eigenvalue weighted by atomic mass is 16.2. The van der Waals surface area contributed by atoms with E-state index in [1.807, 2.05) is 44.2 Å². The van der Waals surface area contributed by atoms with Gasteiger partial charge in [-0.05, 0) is 23.1 Å². The van der Waals surface area contributed by atoms with E-state index in [-0.39, 0.29) is 42.9 Å². The van der Waals surface area contributed by atoms with Crippen LogP contribution >= 0.6 is 0 Å². The van der Waals surface area contributed by atoms with Crippen LogP contribution in [0.15, 0.2) is 48.5 Å². The lowest BCUT2D eigenvalue weighted by Gasteiger charge is -2.27. The quantitative estimate of drug-likeness (QED) is 0.203. The Morgan fingerprint density at radius 3 is 2.49 bits per heavy atom. The zero-order valence-corrected chi connectivity index (χ0v) is 24.2. The summed E-state index contributed by atoms with van der Waals surface area (Å²) in [6, 6.07) is 12.5. The van der Waals surface area contributed by atoms with E-state index in [1.165, 1.54) is 11.8 Å². The zero-order valence-electron chi connectivity index (χ0n) is 24.2. The average Bonchev–Trinajstić information content (AvgIpc) is 3.66. The zero-order chi connectivity index (χ0) is 30.9. The van der Waals surface area contributed by atoms with Gasteiger partial charge in [0.25, 0.3) is 0 Å². The first-order valence-corrected chi connectivity index (χ1v) is 14.0. The summed E-state index contributed by atoms with van der Waals surface area (Å²) >= 11 is 0. The van der Waals surface area contributed by atoms with Crippen LogP contribution in [0.2, 0.25) is 0 Å². The Balaban J connectivity index is 1.50. The van der Waals surface area contributed by atoms with Crippen LogP contribution in [0.3, 0.4) is 0 Å². The normalized spacial score (nSPS) is 15.1. The van der Waals surface area contributed by atoms with E-state index in [0.29, 0.717) is 23.4 Å². The smallest absolute Gasteiger partial charge is 0.247 e. The molecule has 43 heavy (non-hydrogen) atoms. The standard InChI is InChI=1S/C29H35N9O5/c1-4-17(2)26(33-24(40)13-19-9-6-5-7-10-19)29(43)31-16-25(41)38-22(28(42)30-15-23-34-36-37-35-23)14-20-11-8-12-21(27(20)38)32-18(3)39/h5-12,17,22,26H,4,13-16H2,1-3H3,(H,30,42)(H,31,43)(H,32,39)(H,33,40)(H,34,35,36,37)/t17?,22-,26?/m0/s1. The minimum Gasteiger partial charge on any atom is -0.347 e. The van der Waals surface area contributed by atoms with Crippen LogP contribution in [0.1, 0.15) is 44.1 Å². The predicted molar refractivity (Wildman–Crippen MR) is 156 cm³/mol. The number of fused-ring (bicyclic) bond motifs is 1. The van der Waals surface area contributed by atoms with Gasteiger partial charge in [0, 0.05) is 13.3 Å². The van der Waals surface area contributed by atoms with Gasteiger partial charge in [-0.1, -0.05) is 67.9 Å². The molecule has 2 unspecified atom stereocenters. The molecule has 0 bridgehead atoms. The molecule has 0 radical (unpaired) electrons. The molecule has 1 aliphatic rings. The highest BCUT2D eigenvalue weighted by molar-refractivity contribution is 6.09. The second kappa shape index (κ2) is 14.2. The fourth-order valence-electron chi connectivity index (χ4n) is 4.90. The van der Waals surface area contributed by atoms with Crippen molar-refractivity contribution in [2.24, 2.45) is 5.92 Å². The molecule has 2 aromatic carbocycles. The molecule has 4 rings (SSSR count). The number of H-pyrrole nitrogens is 1. The Kier molecular flexibility index (Phi) is 10.1. The molecule has 0 saturated heterocycles. The summed E-state index contributed by atoms with van der Waals surface area (Å²) in [4.78, 5) is 66.3. The molecule has 3 aromatic rings. The Bertz CT molecular complexity index is 1460. The van der Waals surface area contributed by atoms with Crippen LogP contribution in [0.4, 0.5) is 11.4 Å². The lowest BCUT2D eigenvalue weighted by Crippen LogP contribution is -2.54. The van der Waals surface area contributed by atoms with Crippen LogP contribution in [0.25, 0.3) is 0 Å². The first-order chi connectivity index (χ1) is 20.7. The number of nitrogens with one attached hydrogen (secondary N) is 5. The molecule has 3 atom stereocenters. The predicted octanol–water partition coefficient (Wildman–Crippen LogP) is 0.622. The number of rotatable bonds is 12. The molecule has 5 N–H and O–H groups in total. The van der Waals surface area contributed by atoms with Crippen molar-refractivity contribution in [1.29, 1.82) is 0 Å². The van der Waals surface area contributed by atoms with Gasteiger partial charge in [0.15, 0.2) is 5.82 Å². The number of amides is 5. The number of hydrogen-bond donors (Lipinski definition) is 5. The summed E-state index contributed by atoms with van der Waals surface area (Å²) in [5, 5.41) is 24.3. The van der Waals surface area contributed by atoms with Crippen molar-refractivity contribution in [3.63, 3.8) is 0 Å². The maximum absolute atomic E-state index is 13.7. The molecule has 1 aliphatic heterocycles. The minimum atomic E-state index is -0.961. The fourth-order valence-corrected chi connectivity index (χ4v) is 4.90. The van der Waals surface area contributed by atoms with E-state index in [2.05, 4.69) is 41.9 Å². The van der Waals surface area contributed by atoms with Gasteiger partial charge in [0.05, 0.1) is 30.9 Å². The van der Waals surface area contributed by atoms with Gasteiger partial charge in [0.2, 0.25) is 29.5 Å². The number of aromatic amines is 1. The Hall–Kier alpha value is -5.14. The van der Waals surface area contributed by atoms with Gasteiger partial charge in [-0.2, -0.15) is 5.21 Å². The highest BCUT2D eigenvalue weighted by Gasteiger charge is 2.40. The number of nitrogens with zero attached hydrogens (tertiary/aromatic N) is 4. The van der Waals surface area contributed by atoms with Crippen molar-refractivity contribution in [2.75, 3.05) is 16.8 Å². The molecule has 226 valence electrons. The van der Waals surface area contributed by atoms with Gasteiger partial charge in [-0.3, -0.25) is 28.9 Å². The van der Waals surface area contributed by atoms with E-state index in [1.54, 1.807) is 18.2 Å². The lowest BCUT2D eigenvalue weighted by molar-refractivity contribution is -0.131. The number of benzene rings is 2. The first-order valence-electron chi connectivity index (χ1n) is 14.0. The lowest BCUT2D eigenvalue weighted by atomic mass is 9.98. The Morgan fingerprint density at radius 1 is 1.05 bits per heavy atom. The maximum Gasteiger partial charge on any atom is 0.247 e. The third-order valence-electron chi connectivity index (χ3n) is 7.21. The SMILES string of the molecule is CCC(C)C(NC(=O)Cc1ccccc1)C(=O)NCC(=O)N1c2c(cccc2NC(C)=O)C[C@H]1C(=O)NCc1nn[nH]n1. The molecule has 0 spiro atoms. The third-order valence-corrected chi connectivity index (χ3v) is 7.21. The molecule has 1 aromatic heterocycles. The summed E-state index contributed by atoms with van der Waals surface area (Å²) in [6.07, 6.45) is 0.905. The Morgan fingerprint density at radius 2 is 1.81 bits per heavy atom. The number of tetrazole rings is 1. The third kappa shape index (κ3) is 7.78. The van der Waals surface area contributed by atoms with Crippen LogP contribution in [-0.2, 0) is 43.4 Å². The van der Waals surface area contributed by atoms with E-state index < -0.39 is 36.3 Å².